The molecule has 1 amide bonds. The van der Waals surface area contributed by atoms with Crippen molar-refractivity contribution in [2.24, 2.45) is 0 Å². The number of nitrogens with one attached hydrogen (secondary N) is 1. The van der Waals surface area contributed by atoms with Gasteiger partial charge in [0.25, 0.3) is 0 Å². The molecule has 162 valence electrons. The number of nitrogens with zero attached hydrogens (tertiary/aromatic N) is 2. The van der Waals surface area contributed by atoms with Crippen molar-refractivity contribution in [3.05, 3.63) is 52.1 Å². The molecule has 2 heterocycles. The van der Waals surface area contributed by atoms with Crippen molar-refractivity contribution in [1.29, 1.82) is 0 Å². The van der Waals surface area contributed by atoms with Crippen LogP contribution in [0.4, 0.5) is 0 Å². The molecule has 1 aliphatic heterocycles. The second kappa shape index (κ2) is 10.3. The molecular formula is C20H23Cl2N3O3S2. The minimum absolute atomic E-state index is 0.154. The van der Waals surface area contributed by atoms with Crippen molar-refractivity contribution in [3.8, 4) is 0 Å². The maximum atomic E-state index is 12.7. The summed E-state index contributed by atoms with van der Waals surface area (Å²) >= 11 is 13.3. The molecule has 2 aromatic rings. The summed E-state index contributed by atoms with van der Waals surface area (Å²) in [5.74, 6) is -0.0221. The molecule has 1 aliphatic rings. The van der Waals surface area contributed by atoms with Gasteiger partial charge in [0, 0.05) is 29.3 Å². The predicted molar refractivity (Wildman–Crippen MR) is 121 cm³/mol. The van der Waals surface area contributed by atoms with Gasteiger partial charge in [-0.2, -0.15) is 4.31 Å². The highest BCUT2D eigenvalue weighted by molar-refractivity contribution is 7.99. The third-order valence-corrected chi connectivity index (χ3v) is 8.21. The summed E-state index contributed by atoms with van der Waals surface area (Å²) < 4.78 is 26.8. The van der Waals surface area contributed by atoms with Crippen LogP contribution in [-0.2, 0) is 14.8 Å². The van der Waals surface area contributed by atoms with Crippen LogP contribution in [0.25, 0.3) is 0 Å². The molecule has 0 bridgehead atoms. The van der Waals surface area contributed by atoms with Crippen LogP contribution < -0.4 is 5.32 Å². The Balaban J connectivity index is 1.55. The van der Waals surface area contributed by atoms with Crippen LogP contribution in [-0.4, -0.2) is 42.5 Å². The smallest absolute Gasteiger partial charge is 0.244 e. The van der Waals surface area contributed by atoms with Gasteiger partial charge in [0.1, 0.15) is 4.90 Å². The second-order valence-corrected chi connectivity index (χ2v) is 10.8. The van der Waals surface area contributed by atoms with Gasteiger partial charge in [0.2, 0.25) is 15.9 Å². The zero-order chi connectivity index (χ0) is 21.7. The number of benzene rings is 1. The van der Waals surface area contributed by atoms with Gasteiger partial charge in [0.05, 0.1) is 16.8 Å². The van der Waals surface area contributed by atoms with Crippen molar-refractivity contribution in [2.45, 2.75) is 42.1 Å². The van der Waals surface area contributed by atoms with E-state index in [1.807, 2.05) is 6.92 Å². The fourth-order valence-electron chi connectivity index (χ4n) is 3.21. The van der Waals surface area contributed by atoms with Gasteiger partial charge in [-0.1, -0.05) is 47.5 Å². The second-order valence-electron chi connectivity index (χ2n) is 7.04. The topological polar surface area (TPSA) is 79.4 Å². The molecule has 0 spiro atoms. The van der Waals surface area contributed by atoms with Gasteiger partial charge in [-0.15, -0.1) is 0 Å². The molecule has 0 aliphatic carbocycles. The Bertz CT molecular complexity index is 995. The quantitative estimate of drug-likeness (QED) is 0.580. The van der Waals surface area contributed by atoms with E-state index in [2.05, 4.69) is 10.3 Å². The molecule has 1 fully saturated rings. The lowest BCUT2D eigenvalue weighted by atomic mass is 10.1. The van der Waals surface area contributed by atoms with Crippen LogP contribution in [0.2, 0.25) is 10.0 Å². The van der Waals surface area contributed by atoms with E-state index in [1.165, 1.54) is 22.3 Å². The normalized spacial score (nSPS) is 16.2. The van der Waals surface area contributed by atoms with Crippen molar-refractivity contribution in [3.63, 3.8) is 0 Å². The largest absolute Gasteiger partial charge is 0.349 e. The first-order valence-corrected chi connectivity index (χ1v) is 12.8. The molecule has 1 N–H and O–H groups in total. The van der Waals surface area contributed by atoms with E-state index >= 15 is 0 Å². The number of piperidine rings is 1. The van der Waals surface area contributed by atoms with E-state index in [4.69, 9.17) is 23.2 Å². The van der Waals surface area contributed by atoms with Crippen LogP contribution in [0.15, 0.2) is 46.5 Å². The number of hydrogen-bond acceptors (Lipinski definition) is 5. The van der Waals surface area contributed by atoms with Gasteiger partial charge in [-0.05, 0) is 49.6 Å². The number of hydrogen-bond donors (Lipinski definition) is 1. The van der Waals surface area contributed by atoms with E-state index < -0.39 is 10.0 Å². The molecule has 30 heavy (non-hydrogen) atoms. The Morgan fingerprint density at radius 2 is 1.93 bits per heavy atom. The number of rotatable bonds is 7. The molecule has 0 saturated carbocycles. The molecule has 10 heteroatoms. The molecule has 3 rings (SSSR count). The summed E-state index contributed by atoms with van der Waals surface area (Å²) in [6, 6.07) is 8.06. The van der Waals surface area contributed by atoms with Gasteiger partial charge in [-0.3, -0.25) is 4.79 Å². The highest BCUT2D eigenvalue weighted by Gasteiger charge is 2.26. The zero-order valence-electron chi connectivity index (χ0n) is 16.5. The fourth-order valence-corrected chi connectivity index (χ4v) is 5.90. The molecule has 0 radical (unpaired) electrons. The third kappa shape index (κ3) is 5.88. The molecule has 6 nitrogen and oxygen atoms in total. The maximum Gasteiger partial charge on any atom is 0.244 e. The van der Waals surface area contributed by atoms with E-state index in [9.17, 15) is 13.2 Å². The lowest BCUT2D eigenvalue weighted by molar-refractivity contribution is -0.119. The Morgan fingerprint density at radius 3 is 2.57 bits per heavy atom. The van der Waals surface area contributed by atoms with Crippen LogP contribution in [0.1, 0.15) is 37.8 Å². The Morgan fingerprint density at radius 1 is 1.20 bits per heavy atom. The Labute approximate surface area is 191 Å². The average molecular weight is 488 g/mol. The van der Waals surface area contributed by atoms with Crippen LogP contribution in [0.5, 0.6) is 0 Å². The molecule has 1 unspecified atom stereocenters. The summed E-state index contributed by atoms with van der Waals surface area (Å²) in [6.07, 6.45) is 4.19. The van der Waals surface area contributed by atoms with Crippen LogP contribution in [0, 0.1) is 0 Å². The number of carbonyl (C=O) groups is 1. The summed E-state index contributed by atoms with van der Waals surface area (Å²) in [4.78, 5) is 16.7. The molecular weight excluding hydrogens is 465 g/mol. The molecule has 1 aromatic heterocycles. The minimum atomic E-state index is -3.50. The number of carbonyl (C=O) groups excluding carboxylic acids is 1. The van der Waals surface area contributed by atoms with Crippen LogP contribution in [0.3, 0.4) is 0 Å². The van der Waals surface area contributed by atoms with E-state index in [0.717, 1.165) is 24.8 Å². The van der Waals surface area contributed by atoms with E-state index in [1.54, 1.807) is 30.3 Å². The Hall–Kier alpha value is -1.32. The maximum absolute atomic E-state index is 12.7. The number of halogens is 2. The SMILES string of the molecule is CC(NC(=O)CSc1ccc(S(=O)(=O)N2CCCCC2)cn1)c1ccc(Cl)cc1Cl. The van der Waals surface area contributed by atoms with Crippen molar-refractivity contribution < 1.29 is 13.2 Å². The fraction of sp³-hybridized carbons (Fsp3) is 0.400. The minimum Gasteiger partial charge on any atom is -0.349 e. The lowest BCUT2D eigenvalue weighted by Gasteiger charge is -2.25. The number of aromatic nitrogens is 1. The number of thioether (sulfide) groups is 1. The van der Waals surface area contributed by atoms with E-state index in [0.29, 0.717) is 28.2 Å². The van der Waals surface area contributed by atoms with Crippen molar-refractivity contribution >= 4 is 50.9 Å². The summed E-state index contributed by atoms with van der Waals surface area (Å²) in [6.45, 7) is 2.94. The first kappa shape index (κ1) is 23.3. The number of pyridine rings is 1. The molecule has 1 saturated heterocycles. The molecule has 1 aromatic carbocycles. The first-order chi connectivity index (χ1) is 14.3. The summed E-state index contributed by atoms with van der Waals surface area (Å²) in [5, 5.41) is 4.50. The summed E-state index contributed by atoms with van der Waals surface area (Å²) in [7, 11) is -3.50. The Kier molecular flexibility index (Phi) is 8.04. The van der Waals surface area contributed by atoms with Crippen molar-refractivity contribution in [1.82, 2.24) is 14.6 Å². The van der Waals surface area contributed by atoms with Gasteiger partial charge in [0.15, 0.2) is 0 Å². The number of sulfonamides is 1. The molecule has 1 atom stereocenters. The average Bonchev–Trinajstić information content (AvgIpc) is 2.73. The van der Waals surface area contributed by atoms with Crippen molar-refractivity contribution in [2.75, 3.05) is 18.8 Å². The standard InChI is InChI=1S/C20H23Cl2N3O3S2/c1-14(17-7-5-15(21)11-18(17)22)24-19(26)13-29-20-8-6-16(12-23-20)30(27,28)25-9-3-2-4-10-25/h5-8,11-12,14H,2-4,9-10,13H2,1H3,(H,24,26). The zero-order valence-corrected chi connectivity index (χ0v) is 19.6. The number of amides is 1. The predicted octanol–water partition coefficient (Wildman–Crippen LogP) is 4.53. The highest BCUT2D eigenvalue weighted by atomic mass is 35.5. The lowest BCUT2D eigenvalue weighted by Crippen LogP contribution is -2.35. The van der Waals surface area contributed by atoms with E-state index in [-0.39, 0.29) is 22.6 Å². The first-order valence-electron chi connectivity index (χ1n) is 9.60. The summed E-state index contributed by atoms with van der Waals surface area (Å²) in [5.41, 5.74) is 0.782. The highest BCUT2D eigenvalue weighted by Crippen LogP contribution is 2.26. The van der Waals surface area contributed by atoms with Gasteiger partial charge in [-0.25, -0.2) is 13.4 Å². The van der Waals surface area contributed by atoms with Crippen LogP contribution >= 0.6 is 35.0 Å². The van der Waals surface area contributed by atoms with Gasteiger partial charge >= 0.3 is 0 Å². The monoisotopic (exact) mass is 487 g/mol. The van der Waals surface area contributed by atoms with Gasteiger partial charge < -0.3 is 5.32 Å². The third-order valence-electron chi connectivity index (χ3n) is 4.82.